The van der Waals surface area contributed by atoms with Gasteiger partial charge in [-0.15, -0.1) is 0 Å². The fourth-order valence-electron chi connectivity index (χ4n) is 3.67. The predicted molar refractivity (Wildman–Crippen MR) is 115 cm³/mol. The molecule has 3 aromatic rings. The smallest absolute Gasteiger partial charge is 0.290 e. The molecule has 0 radical (unpaired) electrons. The van der Waals surface area contributed by atoms with Crippen molar-refractivity contribution in [2.24, 2.45) is 7.05 Å². The molecule has 5 nitrogen and oxygen atoms in total. The first-order valence-corrected chi connectivity index (χ1v) is 10.0. The number of hydrogen-bond donors (Lipinski definition) is 0. The van der Waals surface area contributed by atoms with Crippen LogP contribution in [0.4, 0.5) is 5.69 Å². The van der Waals surface area contributed by atoms with Crippen LogP contribution in [0.1, 0.15) is 5.69 Å². The van der Waals surface area contributed by atoms with Crippen molar-refractivity contribution in [2.75, 3.05) is 31.1 Å². The van der Waals surface area contributed by atoms with Crippen molar-refractivity contribution >= 4 is 28.9 Å². The Kier molecular flexibility index (Phi) is 5.49. The number of halogens is 2. The van der Waals surface area contributed by atoms with Crippen LogP contribution in [0.15, 0.2) is 59.4 Å². The van der Waals surface area contributed by atoms with Gasteiger partial charge in [-0.05, 0) is 36.4 Å². The Balaban J connectivity index is 1.49. The average Bonchev–Trinajstić information content (AvgIpc) is 2.93. The first kappa shape index (κ1) is 19.1. The van der Waals surface area contributed by atoms with E-state index in [9.17, 15) is 4.79 Å². The summed E-state index contributed by atoms with van der Waals surface area (Å²) in [6.45, 7) is 4.31. The van der Waals surface area contributed by atoms with Gasteiger partial charge in [0.05, 0.1) is 11.4 Å². The van der Waals surface area contributed by atoms with Crippen LogP contribution in [0, 0.1) is 0 Å². The van der Waals surface area contributed by atoms with Gasteiger partial charge in [-0.3, -0.25) is 14.4 Å². The molecule has 0 bridgehead atoms. The molecule has 4 rings (SSSR count). The van der Waals surface area contributed by atoms with E-state index in [4.69, 9.17) is 23.2 Å². The van der Waals surface area contributed by atoms with Crippen molar-refractivity contribution in [1.82, 2.24) is 14.3 Å². The van der Waals surface area contributed by atoms with E-state index in [2.05, 4.69) is 21.9 Å². The first-order chi connectivity index (χ1) is 13.5. The summed E-state index contributed by atoms with van der Waals surface area (Å²) in [5.41, 5.74) is 2.67. The van der Waals surface area contributed by atoms with E-state index < -0.39 is 0 Å². The maximum Gasteiger partial charge on any atom is 0.290 e. The van der Waals surface area contributed by atoms with E-state index in [-0.39, 0.29) is 5.56 Å². The zero-order chi connectivity index (χ0) is 19.7. The molecule has 0 unspecified atom stereocenters. The minimum Gasteiger partial charge on any atom is -0.369 e. The summed E-state index contributed by atoms with van der Waals surface area (Å²) in [4.78, 5) is 17.4. The van der Waals surface area contributed by atoms with E-state index in [1.165, 1.54) is 5.69 Å². The largest absolute Gasteiger partial charge is 0.369 e. The third-order valence-electron chi connectivity index (χ3n) is 5.26. The van der Waals surface area contributed by atoms with E-state index in [0.29, 0.717) is 11.6 Å². The SMILES string of the molecule is Cn1c(CN2CCN(c3ccc(Cl)cc3)CC2)c(Cl)c(=O)n1-c1ccccc1. The lowest BCUT2D eigenvalue weighted by atomic mass is 10.2. The number of anilines is 1. The Bertz CT molecular complexity index is 1000. The van der Waals surface area contributed by atoms with Crippen LogP contribution in [-0.2, 0) is 13.6 Å². The Morgan fingerprint density at radius 3 is 2.14 bits per heavy atom. The molecule has 1 aromatic heterocycles. The van der Waals surface area contributed by atoms with Crippen LogP contribution in [0.3, 0.4) is 0 Å². The standard InChI is InChI=1S/C21H22Cl2N4O/c1-24-19(20(23)21(28)27(24)18-5-3-2-4-6-18)15-25-11-13-26(14-12-25)17-9-7-16(22)8-10-17/h2-10H,11-15H2,1H3. The number of rotatable bonds is 4. The second-order valence-electron chi connectivity index (χ2n) is 6.98. The van der Waals surface area contributed by atoms with Crippen molar-refractivity contribution in [3.05, 3.63) is 80.7 Å². The number of nitrogens with zero attached hydrogens (tertiary/aromatic N) is 4. The number of hydrogen-bond acceptors (Lipinski definition) is 3. The molecule has 1 saturated heterocycles. The number of piperazine rings is 1. The summed E-state index contributed by atoms with van der Waals surface area (Å²) < 4.78 is 3.49. The van der Waals surface area contributed by atoms with E-state index in [0.717, 1.165) is 42.6 Å². The Hall–Kier alpha value is -2.21. The van der Waals surface area contributed by atoms with Gasteiger partial charge >= 0.3 is 0 Å². The van der Waals surface area contributed by atoms with Crippen LogP contribution in [0.2, 0.25) is 10.0 Å². The Morgan fingerprint density at radius 1 is 0.857 bits per heavy atom. The molecule has 28 heavy (non-hydrogen) atoms. The maximum absolute atomic E-state index is 12.7. The number of para-hydroxylation sites is 1. The van der Waals surface area contributed by atoms with Gasteiger partial charge in [-0.25, -0.2) is 4.68 Å². The van der Waals surface area contributed by atoms with E-state index in [1.807, 2.05) is 54.2 Å². The highest BCUT2D eigenvalue weighted by molar-refractivity contribution is 6.31. The van der Waals surface area contributed by atoms with Gasteiger partial charge < -0.3 is 4.90 Å². The third-order valence-corrected chi connectivity index (χ3v) is 5.89. The lowest BCUT2D eigenvalue weighted by Gasteiger charge is -2.36. The summed E-state index contributed by atoms with van der Waals surface area (Å²) in [5, 5.41) is 1.05. The quantitative estimate of drug-likeness (QED) is 0.648. The van der Waals surface area contributed by atoms with Gasteiger partial charge in [0.1, 0.15) is 5.02 Å². The molecule has 2 aromatic carbocycles. The van der Waals surface area contributed by atoms with Gasteiger partial charge in [0, 0.05) is 50.5 Å². The molecular formula is C21H22Cl2N4O. The van der Waals surface area contributed by atoms with Crippen molar-refractivity contribution in [2.45, 2.75) is 6.54 Å². The fourth-order valence-corrected chi connectivity index (χ4v) is 4.06. The molecular weight excluding hydrogens is 395 g/mol. The minimum atomic E-state index is -0.176. The second kappa shape index (κ2) is 8.03. The number of aromatic nitrogens is 2. The van der Waals surface area contributed by atoms with Crippen molar-refractivity contribution in [1.29, 1.82) is 0 Å². The average molecular weight is 417 g/mol. The molecule has 0 saturated carbocycles. The van der Waals surface area contributed by atoms with Gasteiger partial charge in [0.2, 0.25) is 0 Å². The third kappa shape index (κ3) is 3.70. The molecule has 0 spiro atoms. The highest BCUT2D eigenvalue weighted by atomic mass is 35.5. The summed E-state index contributed by atoms with van der Waals surface area (Å²) in [6, 6.07) is 17.5. The van der Waals surface area contributed by atoms with Crippen LogP contribution in [0.25, 0.3) is 5.69 Å². The van der Waals surface area contributed by atoms with Crippen LogP contribution < -0.4 is 10.5 Å². The van der Waals surface area contributed by atoms with Gasteiger partial charge in [0.25, 0.3) is 5.56 Å². The van der Waals surface area contributed by atoms with Crippen molar-refractivity contribution < 1.29 is 0 Å². The van der Waals surface area contributed by atoms with Gasteiger partial charge in [-0.1, -0.05) is 41.4 Å². The van der Waals surface area contributed by atoms with Crippen molar-refractivity contribution in [3.8, 4) is 5.69 Å². The summed E-state index contributed by atoms with van der Waals surface area (Å²) in [6.07, 6.45) is 0. The highest BCUT2D eigenvalue weighted by Gasteiger charge is 2.22. The van der Waals surface area contributed by atoms with E-state index >= 15 is 0 Å². The fraction of sp³-hybridized carbons (Fsp3) is 0.286. The normalized spacial score (nSPS) is 15.2. The molecule has 0 atom stereocenters. The second-order valence-corrected chi connectivity index (χ2v) is 7.79. The highest BCUT2D eigenvalue weighted by Crippen LogP contribution is 2.21. The van der Waals surface area contributed by atoms with Crippen LogP contribution in [-0.4, -0.2) is 40.4 Å². The molecule has 146 valence electrons. The zero-order valence-electron chi connectivity index (χ0n) is 15.7. The molecule has 0 N–H and O–H groups in total. The molecule has 2 heterocycles. The first-order valence-electron chi connectivity index (χ1n) is 9.29. The van der Waals surface area contributed by atoms with E-state index in [1.54, 1.807) is 4.68 Å². The lowest BCUT2D eigenvalue weighted by Crippen LogP contribution is -2.46. The Labute approximate surface area is 174 Å². The lowest BCUT2D eigenvalue weighted by molar-refractivity contribution is 0.243. The van der Waals surface area contributed by atoms with Gasteiger partial charge in [-0.2, -0.15) is 0 Å². The number of benzene rings is 2. The molecule has 1 aliphatic heterocycles. The maximum atomic E-state index is 12.7. The monoisotopic (exact) mass is 416 g/mol. The van der Waals surface area contributed by atoms with Crippen LogP contribution in [0.5, 0.6) is 0 Å². The summed E-state index contributed by atoms with van der Waals surface area (Å²) in [5.74, 6) is 0. The minimum absolute atomic E-state index is 0.176. The molecule has 7 heteroatoms. The topological polar surface area (TPSA) is 33.4 Å². The summed E-state index contributed by atoms with van der Waals surface area (Å²) >= 11 is 12.4. The zero-order valence-corrected chi connectivity index (χ0v) is 17.2. The molecule has 1 aliphatic rings. The van der Waals surface area contributed by atoms with Gasteiger partial charge in [0.15, 0.2) is 0 Å². The summed E-state index contributed by atoms with van der Waals surface area (Å²) in [7, 11) is 1.89. The van der Waals surface area contributed by atoms with Crippen LogP contribution >= 0.6 is 23.2 Å². The molecule has 0 aliphatic carbocycles. The van der Waals surface area contributed by atoms with Crippen molar-refractivity contribution in [3.63, 3.8) is 0 Å². The predicted octanol–water partition coefficient (Wildman–Crippen LogP) is 3.81. The Morgan fingerprint density at radius 2 is 1.50 bits per heavy atom. The molecule has 0 amide bonds. The molecule has 1 fully saturated rings.